The quantitative estimate of drug-likeness (QED) is 0.406. The molecule has 0 heterocycles. The predicted octanol–water partition coefficient (Wildman–Crippen LogP) is 0.176. The highest BCUT2D eigenvalue weighted by atomic mass is 16.3. The molecule has 0 fully saturated rings. The minimum Gasteiger partial charge on any atom is -0.858 e. The topological polar surface area (TPSA) is 55.7 Å². The lowest BCUT2D eigenvalue weighted by molar-refractivity contribution is -0.213. The number of benzene rings is 1. The lowest BCUT2D eigenvalue weighted by atomic mass is 10.2. The summed E-state index contributed by atoms with van der Waals surface area (Å²) in [4.78, 5) is 3.79. The summed E-state index contributed by atoms with van der Waals surface area (Å²) in [7, 11) is 0. The number of nitrogens with zero attached hydrogens (tertiary/aromatic N) is 1. The Hall–Kier alpha value is -1.35. The van der Waals surface area contributed by atoms with Crippen LogP contribution >= 0.6 is 0 Å². The number of hydrogen-bond donors (Lipinski definition) is 1. The maximum absolute atomic E-state index is 11.3. The van der Waals surface area contributed by atoms with Crippen molar-refractivity contribution in [2.45, 2.75) is 6.42 Å². The highest BCUT2D eigenvalue weighted by Crippen LogP contribution is 1.97. The van der Waals surface area contributed by atoms with E-state index in [4.69, 9.17) is 5.11 Å². The van der Waals surface area contributed by atoms with Gasteiger partial charge in [0.05, 0.1) is 0 Å². The van der Waals surface area contributed by atoms with Crippen LogP contribution in [0.1, 0.15) is 12.0 Å². The lowest BCUT2D eigenvalue weighted by Gasteiger charge is -2.09. The molecule has 0 aliphatic heterocycles. The second kappa shape index (κ2) is 5.32. The fourth-order valence-electron chi connectivity index (χ4n) is 0.923. The number of aliphatic hydroxyl groups excluding tert-OH is 1. The van der Waals surface area contributed by atoms with Gasteiger partial charge < -0.3 is 15.2 Å². The maximum Gasteiger partial charge on any atom is 0.0448 e. The standard InChI is InChI=1S/C10H13NO2/c12-8-4-7-11-10(13)9-5-2-1-3-6-9/h1-3,5-6,12H,4,7-8H2,(H,11,13)/p-1. The molecule has 0 unspecified atom stereocenters. The van der Waals surface area contributed by atoms with Crippen molar-refractivity contribution in [2.75, 3.05) is 13.2 Å². The van der Waals surface area contributed by atoms with Gasteiger partial charge in [0, 0.05) is 13.2 Å². The van der Waals surface area contributed by atoms with Gasteiger partial charge in [-0.1, -0.05) is 30.3 Å². The van der Waals surface area contributed by atoms with Crippen LogP contribution in [-0.4, -0.2) is 24.2 Å². The van der Waals surface area contributed by atoms with Crippen LogP contribution in [0.25, 0.3) is 0 Å². The SMILES string of the molecule is [O-]C(=NCCCO)c1ccccc1. The fraction of sp³-hybridized carbons (Fsp3) is 0.300. The van der Waals surface area contributed by atoms with E-state index in [-0.39, 0.29) is 12.5 Å². The normalized spacial score (nSPS) is 11.6. The highest BCUT2D eigenvalue weighted by molar-refractivity contribution is 5.90. The van der Waals surface area contributed by atoms with Crippen molar-refractivity contribution < 1.29 is 10.2 Å². The molecule has 1 N–H and O–H groups in total. The van der Waals surface area contributed by atoms with Gasteiger partial charge in [-0.25, -0.2) is 0 Å². The van der Waals surface area contributed by atoms with Gasteiger partial charge in [0.25, 0.3) is 0 Å². The molecule has 13 heavy (non-hydrogen) atoms. The highest BCUT2D eigenvalue weighted by Gasteiger charge is 1.88. The molecule has 0 amide bonds. The summed E-state index contributed by atoms with van der Waals surface area (Å²) < 4.78 is 0. The molecule has 3 nitrogen and oxygen atoms in total. The number of aliphatic hydroxyl groups is 1. The van der Waals surface area contributed by atoms with Crippen molar-refractivity contribution >= 4 is 5.90 Å². The second-order valence-electron chi connectivity index (χ2n) is 2.63. The van der Waals surface area contributed by atoms with E-state index in [0.717, 1.165) is 0 Å². The molecule has 0 aromatic heterocycles. The molecule has 1 aromatic rings. The first-order valence-electron chi connectivity index (χ1n) is 4.22. The van der Waals surface area contributed by atoms with Crippen molar-refractivity contribution in [3.8, 4) is 0 Å². The van der Waals surface area contributed by atoms with Crippen LogP contribution < -0.4 is 5.11 Å². The molecular formula is C10H12NO2-. The first-order valence-corrected chi connectivity index (χ1v) is 4.22. The molecule has 3 heteroatoms. The van der Waals surface area contributed by atoms with Gasteiger partial charge in [-0.2, -0.15) is 0 Å². The molecule has 0 spiro atoms. The molecule has 0 bridgehead atoms. The van der Waals surface area contributed by atoms with Crippen LogP contribution in [-0.2, 0) is 0 Å². The van der Waals surface area contributed by atoms with Gasteiger partial charge in [0.2, 0.25) is 0 Å². The van der Waals surface area contributed by atoms with Crippen molar-refractivity contribution in [1.29, 1.82) is 0 Å². The van der Waals surface area contributed by atoms with Crippen LogP contribution in [0.5, 0.6) is 0 Å². The molecule has 70 valence electrons. The number of hydrogen-bond acceptors (Lipinski definition) is 3. The lowest BCUT2D eigenvalue weighted by Crippen LogP contribution is -2.19. The van der Waals surface area contributed by atoms with Gasteiger partial charge >= 0.3 is 0 Å². The van der Waals surface area contributed by atoms with E-state index in [0.29, 0.717) is 18.5 Å². The summed E-state index contributed by atoms with van der Waals surface area (Å²) >= 11 is 0. The van der Waals surface area contributed by atoms with Gasteiger partial charge in [0.1, 0.15) is 0 Å². The first-order chi connectivity index (χ1) is 6.34. The molecule has 1 aromatic carbocycles. The van der Waals surface area contributed by atoms with Crippen molar-refractivity contribution in [1.82, 2.24) is 0 Å². The summed E-state index contributed by atoms with van der Waals surface area (Å²) in [5, 5.41) is 19.7. The molecule has 1 rings (SSSR count). The van der Waals surface area contributed by atoms with E-state index in [1.807, 2.05) is 6.07 Å². The monoisotopic (exact) mass is 178 g/mol. The third-order valence-electron chi connectivity index (χ3n) is 1.59. The molecule has 0 saturated carbocycles. The van der Waals surface area contributed by atoms with E-state index in [1.165, 1.54) is 0 Å². The summed E-state index contributed by atoms with van der Waals surface area (Å²) in [5.74, 6) is -0.214. The average Bonchev–Trinajstić information content (AvgIpc) is 2.19. The van der Waals surface area contributed by atoms with Crippen molar-refractivity contribution in [2.24, 2.45) is 4.99 Å². The molecule has 0 aliphatic carbocycles. The zero-order valence-corrected chi connectivity index (χ0v) is 7.31. The Labute approximate surface area is 77.4 Å². The maximum atomic E-state index is 11.3. The summed E-state index contributed by atoms with van der Waals surface area (Å²) in [5.41, 5.74) is 0.598. The third-order valence-corrected chi connectivity index (χ3v) is 1.59. The summed E-state index contributed by atoms with van der Waals surface area (Å²) in [6, 6.07) is 8.91. The Morgan fingerprint density at radius 3 is 2.62 bits per heavy atom. The largest absolute Gasteiger partial charge is 0.858 e. The van der Waals surface area contributed by atoms with Gasteiger partial charge in [-0.05, 0) is 17.9 Å². The number of aliphatic imine (C=N–C) groups is 1. The van der Waals surface area contributed by atoms with Crippen molar-refractivity contribution in [3.63, 3.8) is 0 Å². The van der Waals surface area contributed by atoms with E-state index >= 15 is 0 Å². The fourth-order valence-corrected chi connectivity index (χ4v) is 0.923. The van der Waals surface area contributed by atoms with E-state index in [9.17, 15) is 5.11 Å². The molecule has 0 saturated heterocycles. The molecule has 0 atom stereocenters. The Morgan fingerprint density at radius 1 is 1.31 bits per heavy atom. The van der Waals surface area contributed by atoms with Crippen molar-refractivity contribution in [3.05, 3.63) is 35.9 Å². The molecule has 0 aliphatic rings. The Balaban J connectivity index is 2.57. The smallest absolute Gasteiger partial charge is 0.0448 e. The zero-order valence-electron chi connectivity index (χ0n) is 7.31. The van der Waals surface area contributed by atoms with Crippen LogP contribution in [0.4, 0.5) is 0 Å². The molecular weight excluding hydrogens is 166 g/mol. The second-order valence-corrected chi connectivity index (χ2v) is 2.63. The Morgan fingerprint density at radius 2 is 2.00 bits per heavy atom. The van der Waals surface area contributed by atoms with Gasteiger partial charge in [-0.15, -0.1) is 0 Å². The van der Waals surface area contributed by atoms with E-state index in [2.05, 4.69) is 4.99 Å². The first kappa shape index (κ1) is 9.74. The van der Waals surface area contributed by atoms with Crippen LogP contribution in [0, 0.1) is 0 Å². The van der Waals surface area contributed by atoms with E-state index < -0.39 is 0 Å². The minimum absolute atomic E-state index is 0.0750. The third kappa shape index (κ3) is 3.25. The van der Waals surface area contributed by atoms with Gasteiger partial charge in [-0.3, -0.25) is 0 Å². The van der Waals surface area contributed by atoms with Crippen LogP contribution in [0.2, 0.25) is 0 Å². The van der Waals surface area contributed by atoms with Crippen LogP contribution in [0.3, 0.4) is 0 Å². The predicted molar refractivity (Wildman–Crippen MR) is 49.5 cm³/mol. The average molecular weight is 178 g/mol. The van der Waals surface area contributed by atoms with Crippen LogP contribution in [0.15, 0.2) is 35.3 Å². The number of rotatable bonds is 4. The summed E-state index contributed by atoms with van der Waals surface area (Å²) in [6.07, 6.45) is 0.540. The van der Waals surface area contributed by atoms with Gasteiger partial charge in [0.15, 0.2) is 0 Å². The Kier molecular flexibility index (Phi) is 3.99. The zero-order chi connectivity index (χ0) is 9.52. The molecule has 0 radical (unpaired) electrons. The summed E-state index contributed by atoms with van der Waals surface area (Å²) in [6.45, 7) is 0.468. The Bertz CT molecular complexity index is 270. The van der Waals surface area contributed by atoms with E-state index in [1.54, 1.807) is 24.3 Å². The minimum atomic E-state index is -0.214.